The molecule has 162 valence electrons. The van der Waals surface area contributed by atoms with Crippen LogP contribution in [0.1, 0.15) is 28.4 Å². The van der Waals surface area contributed by atoms with Gasteiger partial charge in [0.2, 0.25) is 0 Å². The molecule has 0 aliphatic heterocycles. The summed E-state index contributed by atoms with van der Waals surface area (Å²) in [4.78, 5) is 12.9. The number of hydrogen-bond donors (Lipinski definition) is 1. The van der Waals surface area contributed by atoms with E-state index in [1.54, 1.807) is 50.6 Å². The van der Waals surface area contributed by atoms with Gasteiger partial charge in [-0.25, -0.2) is 0 Å². The van der Waals surface area contributed by atoms with Gasteiger partial charge >= 0.3 is 0 Å². The van der Waals surface area contributed by atoms with E-state index >= 15 is 0 Å². The molecule has 0 heterocycles. The number of aryl methyl sites for hydroxylation is 1. The summed E-state index contributed by atoms with van der Waals surface area (Å²) in [6, 6.07) is 18.3. The van der Waals surface area contributed by atoms with E-state index in [0.29, 0.717) is 35.1 Å². The summed E-state index contributed by atoms with van der Waals surface area (Å²) in [6.07, 6.45) is 0. The number of amides is 1. The van der Waals surface area contributed by atoms with Gasteiger partial charge in [-0.2, -0.15) is 0 Å². The highest BCUT2D eigenvalue weighted by Crippen LogP contribution is 2.30. The molecule has 1 N–H and O–H groups in total. The third-order valence-corrected chi connectivity index (χ3v) is 4.69. The van der Waals surface area contributed by atoms with Crippen molar-refractivity contribution >= 4 is 11.6 Å². The fraction of sp³-hybridized carbons (Fsp3) is 0.240. The molecule has 0 radical (unpaired) electrons. The second-order valence-electron chi connectivity index (χ2n) is 6.88. The van der Waals surface area contributed by atoms with Gasteiger partial charge in [-0.3, -0.25) is 4.79 Å². The van der Waals surface area contributed by atoms with Crippen LogP contribution in [0.5, 0.6) is 23.0 Å². The van der Waals surface area contributed by atoms with E-state index in [9.17, 15) is 4.79 Å². The zero-order valence-corrected chi connectivity index (χ0v) is 18.2. The average Bonchev–Trinajstić information content (AvgIpc) is 2.79. The molecular weight excluding hydrogens is 394 g/mol. The van der Waals surface area contributed by atoms with Gasteiger partial charge in [0.15, 0.2) is 0 Å². The van der Waals surface area contributed by atoms with Crippen molar-refractivity contribution in [3.8, 4) is 23.0 Å². The summed E-state index contributed by atoms with van der Waals surface area (Å²) in [5.74, 6) is 2.33. The van der Waals surface area contributed by atoms with Crippen LogP contribution in [0.3, 0.4) is 0 Å². The van der Waals surface area contributed by atoms with E-state index in [0.717, 1.165) is 16.9 Å². The maximum absolute atomic E-state index is 12.9. The topological polar surface area (TPSA) is 66.0 Å². The van der Waals surface area contributed by atoms with Crippen LogP contribution < -0.4 is 24.3 Å². The second-order valence-corrected chi connectivity index (χ2v) is 6.88. The Balaban J connectivity index is 1.81. The smallest absolute Gasteiger partial charge is 0.255 e. The number of rotatable bonds is 9. The molecule has 0 saturated heterocycles. The van der Waals surface area contributed by atoms with Gasteiger partial charge < -0.3 is 24.3 Å². The predicted molar refractivity (Wildman–Crippen MR) is 121 cm³/mol. The fourth-order valence-corrected chi connectivity index (χ4v) is 3.03. The van der Waals surface area contributed by atoms with Crippen LogP contribution in [0.2, 0.25) is 0 Å². The number of nitrogens with one attached hydrogen (secondary N) is 1. The minimum Gasteiger partial charge on any atom is -0.497 e. The Labute approximate surface area is 182 Å². The van der Waals surface area contributed by atoms with Gasteiger partial charge in [0.25, 0.3) is 5.91 Å². The monoisotopic (exact) mass is 421 g/mol. The lowest BCUT2D eigenvalue weighted by atomic mass is 10.1. The van der Waals surface area contributed by atoms with Gasteiger partial charge in [0.1, 0.15) is 29.6 Å². The minimum absolute atomic E-state index is 0.272. The lowest BCUT2D eigenvalue weighted by Crippen LogP contribution is -2.14. The minimum atomic E-state index is -0.272. The number of ether oxygens (including phenoxy) is 4. The van der Waals surface area contributed by atoms with Gasteiger partial charge in [-0.05, 0) is 56.3 Å². The number of hydrogen-bond acceptors (Lipinski definition) is 5. The van der Waals surface area contributed by atoms with Crippen LogP contribution >= 0.6 is 0 Å². The molecule has 0 aromatic heterocycles. The molecule has 0 fully saturated rings. The standard InChI is InChI=1S/C25H27NO5/c1-5-30-23-12-8-18(14-19(23)16-31-20-9-6-17(2)7-10-20)25(27)26-22-15-21(28-3)11-13-24(22)29-4/h6-15H,5,16H2,1-4H3,(H,26,27). The van der Waals surface area contributed by atoms with Crippen LogP contribution in [0, 0.1) is 6.92 Å². The van der Waals surface area contributed by atoms with Gasteiger partial charge in [-0.15, -0.1) is 0 Å². The largest absolute Gasteiger partial charge is 0.497 e. The SMILES string of the molecule is CCOc1ccc(C(=O)Nc2cc(OC)ccc2OC)cc1COc1ccc(C)cc1. The van der Waals surface area contributed by atoms with E-state index in [1.165, 1.54) is 0 Å². The summed E-state index contributed by atoms with van der Waals surface area (Å²) in [6.45, 7) is 4.74. The molecule has 0 bridgehead atoms. The molecule has 0 spiro atoms. The molecular formula is C25H27NO5. The Morgan fingerprint density at radius 3 is 2.23 bits per heavy atom. The first kappa shape index (κ1) is 22.0. The Bertz CT molecular complexity index is 1030. The number of carbonyl (C=O) groups excluding carboxylic acids is 1. The van der Waals surface area contributed by atoms with Gasteiger partial charge in [0, 0.05) is 17.2 Å². The molecule has 3 aromatic rings. The first-order chi connectivity index (χ1) is 15.0. The van der Waals surface area contributed by atoms with Crippen molar-refractivity contribution in [3.05, 3.63) is 77.4 Å². The fourth-order valence-electron chi connectivity index (χ4n) is 3.03. The summed E-state index contributed by atoms with van der Waals surface area (Å²) < 4.78 is 22.2. The lowest BCUT2D eigenvalue weighted by molar-refractivity contribution is 0.102. The van der Waals surface area contributed by atoms with Gasteiger partial charge in [0.05, 0.1) is 26.5 Å². The van der Waals surface area contributed by atoms with E-state index < -0.39 is 0 Å². The number of anilines is 1. The summed E-state index contributed by atoms with van der Waals surface area (Å²) in [7, 11) is 3.12. The predicted octanol–water partition coefficient (Wildman–Crippen LogP) is 5.24. The summed E-state index contributed by atoms with van der Waals surface area (Å²) in [5, 5.41) is 2.89. The molecule has 3 aromatic carbocycles. The third kappa shape index (κ3) is 5.69. The van der Waals surface area contributed by atoms with E-state index in [-0.39, 0.29) is 12.5 Å². The van der Waals surface area contributed by atoms with Crippen molar-refractivity contribution in [3.63, 3.8) is 0 Å². The number of benzene rings is 3. The van der Waals surface area contributed by atoms with E-state index in [1.807, 2.05) is 38.1 Å². The van der Waals surface area contributed by atoms with Crippen molar-refractivity contribution in [1.29, 1.82) is 0 Å². The second kappa shape index (κ2) is 10.4. The Kier molecular flexibility index (Phi) is 7.38. The van der Waals surface area contributed by atoms with Crippen molar-refractivity contribution in [2.75, 3.05) is 26.1 Å². The zero-order valence-electron chi connectivity index (χ0n) is 18.2. The normalized spacial score (nSPS) is 10.3. The Morgan fingerprint density at radius 2 is 1.55 bits per heavy atom. The highest BCUT2D eigenvalue weighted by atomic mass is 16.5. The maximum Gasteiger partial charge on any atom is 0.255 e. The van der Waals surface area contributed by atoms with Crippen LogP contribution in [0.4, 0.5) is 5.69 Å². The van der Waals surface area contributed by atoms with Crippen molar-refractivity contribution in [2.45, 2.75) is 20.5 Å². The third-order valence-electron chi connectivity index (χ3n) is 4.69. The Morgan fingerprint density at radius 1 is 0.839 bits per heavy atom. The molecule has 1 amide bonds. The highest BCUT2D eigenvalue weighted by molar-refractivity contribution is 6.05. The number of methoxy groups -OCH3 is 2. The highest BCUT2D eigenvalue weighted by Gasteiger charge is 2.14. The molecule has 0 aliphatic carbocycles. The lowest BCUT2D eigenvalue weighted by Gasteiger charge is -2.15. The molecule has 6 heteroatoms. The van der Waals surface area contributed by atoms with Crippen LogP contribution in [-0.4, -0.2) is 26.7 Å². The molecule has 6 nitrogen and oxygen atoms in total. The van der Waals surface area contributed by atoms with Crippen LogP contribution in [0.15, 0.2) is 60.7 Å². The van der Waals surface area contributed by atoms with Crippen molar-refractivity contribution in [1.82, 2.24) is 0 Å². The Hall–Kier alpha value is -3.67. The molecule has 31 heavy (non-hydrogen) atoms. The first-order valence-corrected chi connectivity index (χ1v) is 10.0. The van der Waals surface area contributed by atoms with Crippen LogP contribution in [0.25, 0.3) is 0 Å². The summed E-state index contributed by atoms with van der Waals surface area (Å²) in [5.41, 5.74) is 2.95. The molecule has 0 unspecified atom stereocenters. The average molecular weight is 421 g/mol. The van der Waals surface area contributed by atoms with Crippen molar-refractivity contribution < 1.29 is 23.7 Å². The van der Waals surface area contributed by atoms with Crippen LogP contribution in [-0.2, 0) is 6.61 Å². The zero-order chi connectivity index (χ0) is 22.2. The number of carbonyl (C=O) groups is 1. The van der Waals surface area contributed by atoms with E-state index in [2.05, 4.69) is 5.32 Å². The first-order valence-electron chi connectivity index (χ1n) is 10.0. The summed E-state index contributed by atoms with van der Waals surface area (Å²) >= 11 is 0. The maximum atomic E-state index is 12.9. The van der Waals surface area contributed by atoms with E-state index in [4.69, 9.17) is 18.9 Å². The molecule has 0 atom stereocenters. The molecule has 0 aliphatic rings. The van der Waals surface area contributed by atoms with Crippen molar-refractivity contribution in [2.24, 2.45) is 0 Å². The van der Waals surface area contributed by atoms with Gasteiger partial charge in [-0.1, -0.05) is 17.7 Å². The molecule has 0 saturated carbocycles. The quantitative estimate of drug-likeness (QED) is 0.512. The molecule has 3 rings (SSSR count).